The highest BCUT2D eigenvalue weighted by molar-refractivity contribution is 5.76. The molecule has 3 rings (SSSR count). The molecule has 2 heterocycles. The molecule has 0 radical (unpaired) electrons. The minimum Gasteiger partial charge on any atom is -0.480 e. The van der Waals surface area contributed by atoms with Crippen molar-refractivity contribution in [1.82, 2.24) is 24.8 Å². The van der Waals surface area contributed by atoms with Crippen LogP contribution in [0, 0.1) is 6.92 Å². The van der Waals surface area contributed by atoms with Gasteiger partial charge in [0, 0.05) is 45.1 Å². The minimum absolute atomic E-state index is 0.132. The van der Waals surface area contributed by atoms with E-state index in [0.29, 0.717) is 19.0 Å². The van der Waals surface area contributed by atoms with Crippen LogP contribution in [-0.2, 0) is 24.9 Å². The van der Waals surface area contributed by atoms with Crippen LogP contribution in [0.25, 0.3) is 11.0 Å². The number of nitrogens with one attached hydrogen (secondary N) is 1. The van der Waals surface area contributed by atoms with Crippen molar-refractivity contribution in [2.45, 2.75) is 20.0 Å². The van der Waals surface area contributed by atoms with Crippen molar-refractivity contribution in [2.24, 2.45) is 7.05 Å². The number of anilines is 1. The summed E-state index contributed by atoms with van der Waals surface area (Å²) in [7, 11) is 3.66. The second kappa shape index (κ2) is 7.49. The van der Waals surface area contributed by atoms with Crippen molar-refractivity contribution in [3.05, 3.63) is 47.5 Å². The van der Waals surface area contributed by atoms with Crippen LogP contribution in [-0.4, -0.2) is 44.2 Å². The van der Waals surface area contributed by atoms with Gasteiger partial charge in [0.05, 0.1) is 11.0 Å². The minimum atomic E-state index is -0.915. The maximum Gasteiger partial charge on any atom is 0.323 e. The Bertz CT molecular complexity index is 919. The molecular formula is C18H22N6O2. The number of carboxylic acids is 1. The smallest absolute Gasteiger partial charge is 0.323 e. The number of hydrogen-bond donors (Lipinski definition) is 2. The third-order valence-corrected chi connectivity index (χ3v) is 4.23. The lowest BCUT2D eigenvalue weighted by Crippen LogP contribution is -2.26. The largest absolute Gasteiger partial charge is 0.480 e. The standard InChI is InChI=1S/C18H22N6O2/c1-12-22-15-6-13(4-5-16(15)24(12)3)7-19-8-14-9-20-18(21-10-14)23(2)11-17(25)26/h4-6,9-10,19H,7-8,11H2,1-3H3,(H,25,26). The van der Waals surface area contributed by atoms with Crippen LogP contribution in [0.3, 0.4) is 0 Å². The summed E-state index contributed by atoms with van der Waals surface area (Å²) in [6, 6.07) is 6.27. The number of benzene rings is 1. The van der Waals surface area contributed by atoms with E-state index in [1.54, 1.807) is 19.4 Å². The summed E-state index contributed by atoms with van der Waals surface area (Å²) in [5, 5.41) is 12.2. The van der Waals surface area contributed by atoms with Crippen LogP contribution in [0.2, 0.25) is 0 Å². The molecule has 8 heteroatoms. The zero-order valence-corrected chi connectivity index (χ0v) is 15.1. The summed E-state index contributed by atoms with van der Waals surface area (Å²) in [6.45, 7) is 3.21. The van der Waals surface area contributed by atoms with E-state index in [-0.39, 0.29) is 6.54 Å². The number of fused-ring (bicyclic) bond motifs is 1. The highest BCUT2D eigenvalue weighted by Gasteiger charge is 2.08. The number of hydrogen-bond acceptors (Lipinski definition) is 6. The van der Waals surface area contributed by atoms with Gasteiger partial charge in [-0.05, 0) is 24.6 Å². The number of likely N-dealkylation sites (N-methyl/N-ethyl adjacent to an activating group) is 1. The Morgan fingerprint density at radius 1 is 1.23 bits per heavy atom. The Labute approximate surface area is 151 Å². The zero-order chi connectivity index (χ0) is 18.7. The van der Waals surface area contributed by atoms with E-state index in [1.807, 2.05) is 14.0 Å². The van der Waals surface area contributed by atoms with E-state index in [0.717, 1.165) is 28.0 Å². The molecule has 0 aliphatic rings. The Balaban J connectivity index is 1.57. The van der Waals surface area contributed by atoms with E-state index in [2.05, 4.69) is 43.0 Å². The van der Waals surface area contributed by atoms with Gasteiger partial charge in [0.1, 0.15) is 12.4 Å². The predicted molar refractivity (Wildman–Crippen MR) is 98.9 cm³/mol. The molecule has 0 atom stereocenters. The molecule has 2 aromatic heterocycles. The third-order valence-electron chi connectivity index (χ3n) is 4.23. The zero-order valence-electron chi connectivity index (χ0n) is 15.1. The number of aliphatic carboxylic acids is 1. The molecule has 0 saturated heterocycles. The van der Waals surface area contributed by atoms with Gasteiger partial charge in [-0.3, -0.25) is 4.79 Å². The van der Waals surface area contributed by atoms with Gasteiger partial charge in [0.25, 0.3) is 0 Å². The highest BCUT2D eigenvalue weighted by atomic mass is 16.4. The molecule has 0 fully saturated rings. The molecule has 3 aromatic rings. The second-order valence-electron chi connectivity index (χ2n) is 6.29. The monoisotopic (exact) mass is 354 g/mol. The van der Waals surface area contributed by atoms with Gasteiger partial charge in [-0.2, -0.15) is 0 Å². The first kappa shape index (κ1) is 17.8. The van der Waals surface area contributed by atoms with E-state index >= 15 is 0 Å². The Morgan fingerprint density at radius 2 is 1.92 bits per heavy atom. The number of aromatic nitrogens is 4. The molecule has 8 nitrogen and oxygen atoms in total. The van der Waals surface area contributed by atoms with Crippen LogP contribution >= 0.6 is 0 Å². The van der Waals surface area contributed by atoms with Gasteiger partial charge in [0.2, 0.25) is 5.95 Å². The van der Waals surface area contributed by atoms with Crippen molar-refractivity contribution >= 4 is 23.0 Å². The van der Waals surface area contributed by atoms with Crippen LogP contribution in [0.15, 0.2) is 30.6 Å². The van der Waals surface area contributed by atoms with Crippen LogP contribution < -0.4 is 10.2 Å². The van der Waals surface area contributed by atoms with E-state index in [9.17, 15) is 4.79 Å². The summed E-state index contributed by atoms with van der Waals surface area (Å²) in [6.07, 6.45) is 3.41. The van der Waals surface area contributed by atoms with E-state index < -0.39 is 5.97 Å². The lowest BCUT2D eigenvalue weighted by molar-refractivity contribution is -0.135. The Kier molecular flexibility index (Phi) is 5.13. The number of carbonyl (C=O) groups is 1. The number of carboxylic acid groups (broad SMARTS) is 1. The fourth-order valence-electron chi connectivity index (χ4n) is 2.74. The van der Waals surface area contributed by atoms with Gasteiger partial charge in [-0.15, -0.1) is 0 Å². The molecule has 0 saturated carbocycles. The molecule has 0 aliphatic heterocycles. The predicted octanol–water partition coefficient (Wildman–Crippen LogP) is 1.48. The number of rotatable bonds is 7. The fraction of sp³-hybridized carbons (Fsp3) is 0.333. The molecule has 0 spiro atoms. The third kappa shape index (κ3) is 3.97. The van der Waals surface area contributed by atoms with Crippen LogP contribution in [0.5, 0.6) is 0 Å². The quantitative estimate of drug-likeness (QED) is 0.663. The summed E-state index contributed by atoms with van der Waals surface area (Å²) in [5.74, 6) is 0.476. The Hall–Kier alpha value is -3.00. The van der Waals surface area contributed by atoms with Gasteiger partial charge in [-0.1, -0.05) is 6.07 Å². The topological polar surface area (TPSA) is 96.2 Å². The molecule has 2 N–H and O–H groups in total. The van der Waals surface area contributed by atoms with Crippen molar-refractivity contribution < 1.29 is 9.90 Å². The molecule has 136 valence electrons. The van der Waals surface area contributed by atoms with Crippen molar-refractivity contribution in [1.29, 1.82) is 0 Å². The van der Waals surface area contributed by atoms with Gasteiger partial charge >= 0.3 is 5.97 Å². The number of imidazole rings is 1. The summed E-state index contributed by atoms with van der Waals surface area (Å²) >= 11 is 0. The molecule has 0 bridgehead atoms. The molecule has 0 aliphatic carbocycles. The maximum absolute atomic E-state index is 10.7. The average molecular weight is 354 g/mol. The maximum atomic E-state index is 10.7. The molecular weight excluding hydrogens is 332 g/mol. The van der Waals surface area contributed by atoms with Crippen LogP contribution in [0.1, 0.15) is 17.0 Å². The highest BCUT2D eigenvalue weighted by Crippen LogP contribution is 2.16. The average Bonchev–Trinajstić information content (AvgIpc) is 2.89. The first-order valence-corrected chi connectivity index (χ1v) is 8.30. The normalized spacial score (nSPS) is 11.0. The summed E-state index contributed by atoms with van der Waals surface area (Å²) in [4.78, 5) is 25.2. The van der Waals surface area contributed by atoms with Crippen molar-refractivity contribution in [3.63, 3.8) is 0 Å². The lowest BCUT2D eigenvalue weighted by Gasteiger charge is -2.14. The van der Waals surface area contributed by atoms with Crippen molar-refractivity contribution in [2.75, 3.05) is 18.5 Å². The first-order valence-electron chi connectivity index (χ1n) is 8.30. The van der Waals surface area contributed by atoms with E-state index in [1.165, 1.54) is 4.90 Å². The Morgan fingerprint density at radius 3 is 2.62 bits per heavy atom. The molecule has 0 unspecified atom stereocenters. The fourth-order valence-corrected chi connectivity index (χ4v) is 2.74. The van der Waals surface area contributed by atoms with Gasteiger partial charge in [0.15, 0.2) is 0 Å². The van der Waals surface area contributed by atoms with Crippen LogP contribution in [0.4, 0.5) is 5.95 Å². The summed E-state index contributed by atoms with van der Waals surface area (Å²) < 4.78 is 2.08. The SMILES string of the molecule is Cc1nc2cc(CNCc3cnc(N(C)CC(=O)O)nc3)ccc2n1C. The second-order valence-corrected chi connectivity index (χ2v) is 6.29. The summed E-state index contributed by atoms with van der Waals surface area (Å²) in [5.41, 5.74) is 4.22. The molecule has 0 amide bonds. The number of nitrogens with zero attached hydrogens (tertiary/aromatic N) is 5. The van der Waals surface area contributed by atoms with Gasteiger partial charge < -0.3 is 19.9 Å². The lowest BCUT2D eigenvalue weighted by atomic mass is 10.2. The van der Waals surface area contributed by atoms with Crippen molar-refractivity contribution in [3.8, 4) is 0 Å². The molecule has 26 heavy (non-hydrogen) atoms. The van der Waals surface area contributed by atoms with E-state index in [4.69, 9.17) is 5.11 Å². The first-order chi connectivity index (χ1) is 12.4. The number of aryl methyl sites for hydroxylation is 2. The molecule has 1 aromatic carbocycles. The van der Waals surface area contributed by atoms with Gasteiger partial charge in [-0.25, -0.2) is 15.0 Å².